The van der Waals surface area contributed by atoms with Gasteiger partial charge >= 0.3 is 0 Å². The Labute approximate surface area is 115 Å². The Hall–Kier alpha value is -0.570. The van der Waals surface area contributed by atoms with E-state index in [9.17, 15) is 0 Å². The summed E-state index contributed by atoms with van der Waals surface area (Å²) in [5.41, 5.74) is 1.24. The maximum absolute atomic E-state index is 6.24. The van der Waals surface area contributed by atoms with Gasteiger partial charge in [0, 0.05) is 24.2 Å². The van der Waals surface area contributed by atoms with Crippen LogP contribution in [-0.4, -0.2) is 30.6 Å². The molecule has 1 aromatic rings. The van der Waals surface area contributed by atoms with Gasteiger partial charge in [-0.15, -0.1) is 0 Å². The largest absolute Gasteiger partial charge is 0.312 e. The van der Waals surface area contributed by atoms with E-state index in [1.165, 1.54) is 12.0 Å². The third-order valence-electron chi connectivity index (χ3n) is 3.67. The lowest BCUT2D eigenvalue weighted by atomic mass is 10.0. The summed E-state index contributed by atoms with van der Waals surface area (Å²) in [6, 6.07) is 8.76. The molecular formula is C15H23ClN2. The molecule has 1 aromatic carbocycles. The second kappa shape index (κ2) is 6.55. The quantitative estimate of drug-likeness (QED) is 0.904. The molecule has 1 aliphatic rings. The summed E-state index contributed by atoms with van der Waals surface area (Å²) >= 11 is 6.24. The number of hydrogen-bond donors (Lipinski definition) is 1. The molecule has 2 rings (SSSR count). The topological polar surface area (TPSA) is 15.3 Å². The van der Waals surface area contributed by atoms with Gasteiger partial charge in [-0.3, -0.25) is 4.90 Å². The van der Waals surface area contributed by atoms with Crippen LogP contribution in [0.4, 0.5) is 0 Å². The number of rotatable bonds is 3. The predicted molar refractivity (Wildman–Crippen MR) is 78.0 cm³/mol. The minimum Gasteiger partial charge on any atom is -0.312 e. The van der Waals surface area contributed by atoms with Crippen LogP contribution in [-0.2, 0) is 6.54 Å². The highest BCUT2D eigenvalue weighted by atomic mass is 35.5. The van der Waals surface area contributed by atoms with Gasteiger partial charge in [-0.05, 0) is 37.1 Å². The second-order valence-electron chi connectivity index (χ2n) is 5.48. The molecule has 0 aliphatic carbocycles. The van der Waals surface area contributed by atoms with Crippen molar-refractivity contribution in [2.45, 2.75) is 32.9 Å². The molecule has 0 spiro atoms. The molecule has 1 atom stereocenters. The summed E-state index contributed by atoms with van der Waals surface area (Å²) < 4.78 is 0. The number of hydrogen-bond acceptors (Lipinski definition) is 2. The Morgan fingerprint density at radius 3 is 2.89 bits per heavy atom. The molecule has 1 heterocycles. The third kappa shape index (κ3) is 3.71. The standard InChI is InChI=1S/C15H23ClN2/c1-12(2)15-11-18(9-5-8-17-15)10-13-6-3-4-7-14(13)16/h3-4,6-7,12,15,17H,5,8-11H2,1-2H3. The summed E-state index contributed by atoms with van der Waals surface area (Å²) in [6.45, 7) is 8.93. The zero-order valence-electron chi connectivity index (χ0n) is 11.3. The number of nitrogens with zero attached hydrogens (tertiary/aromatic N) is 1. The molecule has 0 amide bonds. The van der Waals surface area contributed by atoms with Crippen LogP contribution in [0.5, 0.6) is 0 Å². The van der Waals surface area contributed by atoms with Crippen molar-refractivity contribution in [3.63, 3.8) is 0 Å². The molecule has 1 unspecified atom stereocenters. The SMILES string of the molecule is CC(C)C1CN(Cc2ccccc2Cl)CCCN1. The van der Waals surface area contributed by atoms with Crippen molar-refractivity contribution in [2.24, 2.45) is 5.92 Å². The molecule has 0 aromatic heterocycles. The van der Waals surface area contributed by atoms with Gasteiger partial charge in [0.15, 0.2) is 0 Å². The van der Waals surface area contributed by atoms with Crippen LogP contribution in [0.25, 0.3) is 0 Å². The van der Waals surface area contributed by atoms with Crippen LogP contribution < -0.4 is 5.32 Å². The van der Waals surface area contributed by atoms with E-state index < -0.39 is 0 Å². The van der Waals surface area contributed by atoms with E-state index in [0.29, 0.717) is 12.0 Å². The van der Waals surface area contributed by atoms with Gasteiger partial charge in [0.05, 0.1) is 0 Å². The monoisotopic (exact) mass is 266 g/mol. The summed E-state index contributed by atoms with van der Waals surface area (Å²) in [5, 5.41) is 4.52. The van der Waals surface area contributed by atoms with Gasteiger partial charge in [0.25, 0.3) is 0 Å². The Morgan fingerprint density at radius 1 is 1.39 bits per heavy atom. The van der Waals surface area contributed by atoms with Crippen LogP contribution in [0.2, 0.25) is 5.02 Å². The van der Waals surface area contributed by atoms with E-state index in [4.69, 9.17) is 11.6 Å². The molecule has 0 radical (unpaired) electrons. The number of benzene rings is 1. The van der Waals surface area contributed by atoms with E-state index in [0.717, 1.165) is 31.2 Å². The van der Waals surface area contributed by atoms with Gasteiger partial charge < -0.3 is 5.32 Å². The highest BCUT2D eigenvalue weighted by molar-refractivity contribution is 6.31. The van der Waals surface area contributed by atoms with Crippen molar-refractivity contribution >= 4 is 11.6 Å². The fraction of sp³-hybridized carbons (Fsp3) is 0.600. The molecule has 1 fully saturated rings. The molecule has 0 bridgehead atoms. The smallest absolute Gasteiger partial charge is 0.0451 e. The van der Waals surface area contributed by atoms with Crippen LogP contribution >= 0.6 is 11.6 Å². The fourth-order valence-corrected chi connectivity index (χ4v) is 2.68. The number of halogens is 1. The molecule has 18 heavy (non-hydrogen) atoms. The first-order valence-corrected chi connectivity index (χ1v) is 7.24. The average molecular weight is 267 g/mol. The first-order valence-electron chi connectivity index (χ1n) is 6.86. The van der Waals surface area contributed by atoms with Crippen molar-refractivity contribution in [1.29, 1.82) is 0 Å². The Kier molecular flexibility index (Phi) is 5.04. The van der Waals surface area contributed by atoms with Crippen molar-refractivity contribution in [3.05, 3.63) is 34.9 Å². The zero-order chi connectivity index (χ0) is 13.0. The van der Waals surface area contributed by atoms with Gasteiger partial charge in [0.2, 0.25) is 0 Å². The van der Waals surface area contributed by atoms with Crippen molar-refractivity contribution < 1.29 is 0 Å². The Balaban J connectivity index is 2.01. The first kappa shape index (κ1) is 13.9. The lowest BCUT2D eigenvalue weighted by Gasteiger charge is -2.27. The van der Waals surface area contributed by atoms with Crippen molar-refractivity contribution in [2.75, 3.05) is 19.6 Å². The van der Waals surface area contributed by atoms with Crippen LogP contribution in [0.3, 0.4) is 0 Å². The Morgan fingerprint density at radius 2 is 2.17 bits per heavy atom. The maximum Gasteiger partial charge on any atom is 0.0451 e. The van der Waals surface area contributed by atoms with Gasteiger partial charge in [-0.2, -0.15) is 0 Å². The molecule has 1 saturated heterocycles. The maximum atomic E-state index is 6.24. The van der Waals surface area contributed by atoms with Crippen LogP contribution in [0.1, 0.15) is 25.8 Å². The minimum atomic E-state index is 0.593. The van der Waals surface area contributed by atoms with Gasteiger partial charge in [-0.1, -0.05) is 43.6 Å². The molecule has 0 saturated carbocycles. The van der Waals surface area contributed by atoms with Crippen LogP contribution in [0.15, 0.2) is 24.3 Å². The highest BCUT2D eigenvalue weighted by Gasteiger charge is 2.20. The van der Waals surface area contributed by atoms with Crippen LogP contribution in [0, 0.1) is 5.92 Å². The molecule has 1 aliphatic heterocycles. The van der Waals surface area contributed by atoms with E-state index in [2.05, 4.69) is 36.2 Å². The lowest BCUT2D eigenvalue weighted by molar-refractivity contribution is 0.238. The zero-order valence-corrected chi connectivity index (χ0v) is 12.1. The molecule has 2 nitrogen and oxygen atoms in total. The van der Waals surface area contributed by atoms with Crippen molar-refractivity contribution in [1.82, 2.24) is 10.2 Å². The fourth-order valence-electron chi connectivity index (χ4n) is 2.48. The minimum absolute atomic E-state index is 0.593. The first-order chi connectivity index (χ1) is 8.66. The van der Waals surface area contributed by atoms with E-state index in [1.807, 2.05) is 12.1 Å². The van der Waals surface area contributed by atoms with Gasteiger partial charge in [0.1, 0.15) is 0 Å². The lowest BCUT2D eigenvalue weighted by Crippen LogP contribution is -2.41. The normalized spacial score (nSPS) is 22.1. The molecular weight excluding hydrogens is 244 g/mol. The molecule has 3 heteroatoms. The second-order valence-corrected chi connectivity index (χ2v) is 5.89. The van der Waals surface area contributed by atoms with Gasteiger partial charge in [-0.25, -0.2) is 0 Å². The van der Waals surface area contributed by atoms with Crippen molar-refractivity contribution in [3.8, 4) is 0 Å². The van der Waals surface area contributed by atoms with E-state index in [1.54, 1.807) is 0 Å². The Bertz CT molecular complexity index is 379. The molecule has 1 N–H and O–H groups in total. The summed E-state index contributed by atoms with van der Waals surface area (Å²) in [4.78, 5) is 2.52. The van der Waals surface area contributed by atoms with E-state index in [-0.39, 0.29) is 0 Å². The summed E-state index contributed by atoms with van der Waals surface area (Å²) in [6.07, 6.45) is 1.22. The predicted octanol–water partition coefficient (Wildman–Crippen LogP) is 3.16. The summed E-state index contributed by atoms with van der Waals surface area (Å²) in [7, 11) is 0. The third-order valence-corrected chi connectivity index (χ3v) is 4.04. The summed E-state index contributed by atoms with van der Waals surface area (Å²) in [5.74, 6) is 0.678. The van der Waals surface area contributed by atoms with E-state index >= 15 is 0 Å². The number of nitrogens with one attached hydrogen (secondary N) is 1. The highest BCUT2D eigenvalue weighted by Crippen LogP contribution is 2.18. The average Bonchev–Trinajstić information content (AvgIpc) is 2.58. The molecule has 100 valence electrons.